The van der Waals surface area contributed by atoms with Gasteiger partial charge in [-0.15, -0.1) is 0 Å². The van der Waals surface area contributed by atoms with Crippen molar-refractivity contribution < 1.29 is 42.6 Å². The molecule has 0 spiro atoms. The molecule has 0 saturated carbocycles. The fourth-order valence-electron chi connectivity index (χ4n) is 7.19. The number of benzene rings is 1. The third-order valence-corrected chi connectivity index (χ3v) is 11.4. The number of nitrogens with zero attached hydrogens (tertiary/aromatic N) is 5. The first kappa shape index (κ1) is 46.2. The van der Waals surface area contributed by atoms with E-state index in [1.54, 1.807) is 18.2 Å². The smallest absolute Gasteiger partial charge is 0.387 e. The molecule has 0 bridgehead atoms. The lowest BCUT2D eigenvalue weighted by atomic mass is 9.96. The topological polar surface area (TPSA) is 218 Å². The van der Waals surface area contributed by atoms with Crippen LogP contribution in [0.2, 0.25) is 0 Å². The van der Waals surface area contributed by atoms with Gasteiger partial charge in [0, 0.05) is 0 Å². The number of phosphoric acid groups is 1. The first-order valence-electron chi connectivity index (χ1n) is 20.5. The van der Waals surface area contributed by atoms with E-state index in [0.29, 0.717) is 17.5 Å². The Kier molecular flexibility index (Phi) is 19.3. The molecule has 57 heavy (non-hydrogen) atoms. The number of hydrogen-bond acceptors (Lipinski definition) is 12. The highest BCUT2D eigenvalue weighted by Crippen LogP contribution is 2.48. The molecule has 4 rings (SSSR count). The quantitative estimate of drug-likeness (QED) is 0.0402. The number of aliphatic hydroxyl groups is 2. The molecule has 1 aliphatic rings. The molecule has 2 unspecified atom stereocenters. The molecular formula is C41H60FN6O8P. The lowest BCUT2D eigenvalue weighted by Crippen LogP contribution is -2.45. The number of ether oxygens (including phenoxy) is 2. The third kappa shape index (κ3) is 14.4. The largest absolute Gasteiger partial charge is 0.472 e. The number of aliphatic hydroxyl groups excluding tert-OH is 2. The number of unbranched alkanes of at least 4 members (excludes halogenated alkanes) is 16. The second-order valence-corrected chi connectivity index (χ2v) is 16.5. The van der Waals surface area contributed by atoms with Crippen molar-refractivity contribution in [2.45, 2.75) is 159 Å². The van der Waals surface area contributed by atoms with Crippen molar-refractivity contribution in [2.75, 3.05) is 18.9 Å². The van der Waals surface area contributed by atoms with Crippen molar-refractivity contribution in [1.29, 1.82) is 10.5 Å². The van der Waals surface area contributed by atoms with Crippen LogP contribution >= 0.6 is 7.82 Å². The number of phosphoric ester groups is 1. The van der Waals surface area contributed by atoms with Gasteiger partial charge in [0.15, 0.2) is 5.82 Å². The fourth-order valence-corrected chi connectivity index (χ4v) is 7.98. The van der Waals surface area contributed by atoms with E-state index in [1.165, 1.54) is 106 Å². The molecule has 0 radical (unpaired) electrons. The Hall–Kier alpha value is -3.50. The average Bonchev–Trinajstić information content (AvgIpc) is 3.74. The van der Waals surface area contributed by atoms with E-state index in [0.717, 1.165) is 31.7 Å². The molecule has 314 valence electrons. The van der Waals surface area contributed by atoms with Crippen molar-refractivity contribution in [3.8, 4) is 12.1 Å². The summed E-state index contributed by atoms with van der Waals surface area (Å²) < 4.78 is 50.8. The van der Waals surface area contributed by atoms with E-state index < -0.39 is 50.3 Å². The Labute approximate surface area is 335 Å². The number of rotatable bonds is 28. The van der Waals surface area contributed by atoms with Crippen LogP contribution in [0.4, 0.5) is 10.2 Å². The van der Waals surface area contributed by atoms with Crippen molar-refractivity contribution >= 4 is 19.2 Å². The van der Waals surface area contributed by atoms with Gasteiger partial charge in [-0.25, -0.2) is 18.5 Å². The molecule has 2 aromatic heterocycles. The molecule has 1 aliphatic heterocycles. The molecule has 1 aromatic carbocycles. The Morgan fingerprint density at radius 3 is 2.16 bits per heavy atom. The SMILES string of the molecule is CCCCCCCCCCCCCCCCCCC[C@@H](COP(=O)(O)OC[C@@]1(C#N)OC(c2ccc3c(N)ncnn23)[C@H](O)[C@@H]1O)OCc1cc(F)cc(C#N)c1. The zero-order valence-corrected chi connectivity index (χ0v) is 34.0. The van der Waals surface area contributed by atoms with Crippen molar-refractivity contribution in [3.63, 3.8) is 0 Å². The summed E-state index contributed by atoms with van der Waals surface area (Å²) in [5.41, 5.74) is 4.89. The number of halogens is 1. The first-order chi connectivity index (χ1) is 27.5. The molecule has 1 saturated heterocycles. The summed E-state index contributed by atoms with van der Waals surface area (Å²) in [6.07, 6.45) is 17.1. The molecule has 6 atom stereocenters. The predicted molar refractivity (Wildman–Crippen MR) is 212 cm³/mol. The first-order valence-corrected chi connectivity index (χ1v) is 22.0. The van der Waals surface area contributed by atoms with Crippen LogP contribution in [-0.4, -0.2) is 66.8 Å². The van der Waals surface area contributed by atoms with Gasteiger partial charge in [0.1, 0.15) is 48.6 Å². The molecular weight excluding hydrogens is 754 g/mol. The van der Waals surface area contributed by atoms with E-state index in [2.05, 4.69) is 17.0 Å². The number of nitrogens with two attached hydrogens (primary N) is 1. The van der Waals surface area contributed by atoms with Crippen LogP contribution in [0.5, 0.6) is 0 Å². The molecule has 5 N–H and O–H groups in total. The van der Waals surface area contributed by atoms with Gasteiger partial charge >= 0.3 is 7.82 Å². The summed E-state index contributed by atoms with van der Waals surface area (Å²) >= 11 is 0. The number of fused-ring (bicyclic) bond motifs is 1. The average molecular weight is 815 g/mol. The molecule has 3 aromatic rings. The maximum Gasteiger partial charge on any atom is 0.472 e. The second kappa shape index (κ2) is 23.8. The fraction of sp³-hybridized carbons (Fsp3) is 0.659. The molecule has 0 aliphatic carbocycles. The Bertz CT molecular complexity index is 1800. The van der Waals surface area contributed by atoms with Gasteiger partial charge in [-0.1, -0.05) is 116 Å². The third-order valence-electron chi connectivity index (χ3n) is 10.5. The zero-order valence-electron chi connectivity index (χ0n) is 33.1. The lowest BCUT2D eigenvalue weighted by molar-refractivity contribution is -0.0763. The van der Waals surface area contributed by atoms with Gasteiger partial charge in [-0.3, -0.25) is 9.05 Å². The van der Waals surface area contributed by atoms with Crippen LogP contribution in [0.1, 0.15) is 145 Å². The molecule has 0 amide bonds. The Morgan fingerprint density at radius 2 is 1.56 bits per heavy atom. The van der Waals surface area contributed by atoms with Gasteiger partial charge in [-0.05, 0) is 42.3 Å². The van der Waals surface area contributed by atoms with E-state index in [4.69, 9.17) is 24.3 Å². The van der Waals surface area contributed by atoms with Crippen LogP contribution in [0.3, 0.4) is 0 Å². The number of nitriles is 2. The summed E-state index contributed by atoms with van der Waals surface area (Å²) in [5, 5.41) is 45.2. The van der Waals surface area contributed by atoms with Crippen molar-refractivity contribution in [2.24, 2.45) is 0 Å². The van der Waals surface area contributed by atoms with Crippen molar-refractivity contribution in [3.05, 3.63) is 59.3 Å². The summed E-state index contributed by atoms with van der Waals surface area (Å²) in [6, 6.07) is 10.7. The summed E-state index contributed by atoms with van der Waals surface area (Å²) in [7, 11) is -4.87. The molecule has 1 fully saturated rings. The maximum absolute atomic E-state index is 14.1. The number of aromatic nitrogens is 3. The van der Waals surface area contributed by atoms with Crippen LogP contribution < -0.4 is 5.73 Å². The highest BCUT2D eigenvalue weighted by atomic mass is 31.2. The highest BCUT2D eigenvalue weighted by molar-refractivity contribution is 7.47. The highest BCUT2D eigenvalue weighted by Gasteiger charge is 2.57. The van der Waals surface area contributed by atoms with Crippen LogP contribution in [0, 0.1) is 28.5 Å². The van der Waals surface area contributed by atoms with Crippen LogP contribution in [0.25, 0.3) is 5.52 Å². The second-order valence-electron chi connectivity index (χ2n) is 15.1. The van der Waals surface area contributed by atoms with E-state index in [9.17, 15) is 34.6 Å². The van der Waals surface area contributed by atoms with Crippen molar-refractivity contribution in [1.82, 2.24) is 14.6 Å². The Balaban J connectivity index is 1.23. The van der Waals surface area contributed by atoms with Crippen LogP contribution in [-0.2, 0) is 29.7 Å². The van der Waals surface area contributed by atoms with Gasteiger partial charge in [0.05, 0.1) is 36.6 Å². The maximum atomic E-state index is 14.1. The molecule has 3 heterocycles. The van der Waals surface area contributed by atoms with Gasteiger partial charge < -0.3 is 30.3 Å². The summed E-state index contributed by atoms with van der Waals surface area (Å²) in [5.74, 6) is -0.424. The molecule has 16 heteroatoms. The summed E-state index contributed by atoms with van der Waals surface area (Å²) in [4.78, 5) is 14.6. The standard InChI is InChI=1S/C41H60FN6O8P/c1-2-3-4-5-6-7-8-9-10-11-12-13-14-15-16-17-18-19-34(53-26-32-22-31(25-43)23-33(42)24-32)27-54-57(51,52)55-29-41(28-44)39(50)37(49)38(56-41)35-20-21-36-40(45)46-30-47-48(35)36/h20-24,30,34,37-39,49-50H,2-19,26-27,29H2,1H3,(H,51,52)(H2,45,46,47)/t34-,37-,38?,39-,41+/m0/s1. The van der Waals surface area contributed by atoms with E-state index in [-0.39, 0.29) is 30.3 Å². The van der Waals surface area contributed by atoms with E-state index >= 15 is 0 Å². The van der Waals surface area contributed by atoms with E-state index in [1.807, 2.05) is 6.07 Å². The minimum absolute atomic E-state index is 0.0716. The lowest BCUT2D eigenvalue weighted by Gasteiger charge is -2.26. The van der Waals surface area contributed by atoms with Crippen LogP contribution in [0.15, 0.2) is 36.7 Å². The minimum atomic E-state index is -4.87. The summed E-state index contributed by atoms with van der Waals surface area (Å²) in [6.45, 7) is 0.882. The predicted octanol–water partition coefficient (Wildman–Crippen LogP) is 8.14. The van der Waals surface area contributed by atoms with Gasteiger partial charge in [0.2, 0.25) is 5.60 Å². The minimum Gasteiger partial charge on any atom is -0.387 e. The normalized spacial score (nSPS) is 21.0. The monoisotopic (exact) mass is 814 g/mol. The van der Waals surface area contributed by atoms with Gasteiger partial charge in [0.25, 0.3) is 0 Å². The number of hydrogen-bond donors (Lipinski definition) is 4. The molecule has 14 nitrogen and oxygen atoms in total. The van der Waals surface area contributed by atoms with Gasteiger partial charge in [-0.2, -0.15) is 15.6 Å². The number of anilines is 1. The Morgan fingerprint density at radius 1 is 0.947 bits per heavy atom. The number of nitrogen functional groups attached to an aromatic ring is 1. The zero-order chi connectivity index (χ0) is 41.1.